The molecule has 252 valence electrons. The minimum atomic E-state index is -1.27. The van der Waals surface area contributed by atoms with E-state index < -0.39 is 35.3 Å². The van der Waals surface area contributed by atoms with Gasteiger partial charge in [-0.1, -0.05) is 0 Å². The second kappa shape index (κ2) is 11.2. The molecule has 0 saturated heterocycles. The molecule has 0 N–H and O–H groups in total. The molecule has 0 fully saturated rings. The summed E-state index contributed by atoms with van der Waals surface area (Å²) < 4.78 is 52.7. The van der Waals surface area contributed by atoms with E-state index in [0.717, 1.165) is 32.3 Å². The zero-order chi connectivity index (χ0) is 34.0. The zero-order valence-corrected chi connectivity index (χ0v) is 27.6. The first kappa shape index (κ1) is 31.5. The molecule has 0 amide bonds. The lowest BCUT2D eigenvalue weighted by Gasteiger charge is -2.21. The van der Waals surface area contributed by atoms with Crippen molar-refractivity contribution in [3.05, 3.63) is 36.4 Å². The third-order valence-electron chi connectivity index (χ3n) is 8.39. The van der Waals surface area contributed by atoms with Gasteiger partial charge in [-0.25, -0.2) is 0 Å². The second-order valence-electron chi connectivity index (χ2n) is 12.5. The molecule has 3 heterocycles. The van der Waals surface area contributed by atoms with E-state index in [4.69, 9.17) is 42.6 Å². The first-order valence-electron chi connectivity index (χ1n) is 16.0. The van der Waals surface area contributed by atoms with E-state index in [9.17, 15) is 14.4 Å². The van der Waals surface area contributed by atoms with E-state index in [0.29, 0.717) is 34.5 Å². The van der Waals surface area contributed by atoms with Crippen molar-refractivity contribution < 1.29 is 57.0 Å². The van der Waals surface area contributed by atoms with Crippen LogP contribution in [0.2, 0.25) is 0 Å². The average molecular weight is 661 g/mol. The molecule has 4 aromatic rings. The lowest BCUT2D eigenvalue weighted by molar-refractivity contribution is -0.156. The van der Waals surface area contributed by atoms with Gasteiger partial charge < -0.3 is 42.6 Å². The average Bonchev–Trinajstić information content (AvgIpc) is 3.61. The van der Waals surface area contributed by atoms with Crippen LogP contribution in [0.15, 0.2) is 36.4 Å². The van der Waals surface area contributed by atoms with E-state index in [1.165, 1.54) is 0 Å². The molecule has 0 unspecified atom stereocenters. The zero-order valence-electron chi connectivity index (χ0n) is 27.6. The Kier molecular flexibility index (Phi) is 7.37. The SMILES string of the molecule is CCOC(=O)CC1(C)Oc2cc3c4cc5c(cc4c4cc6c(cc4c3cc2O1)OC(C)(CC(=O)OCC)O6)OC(C)(CC(=O)OCC)O5. The summed E-state index contributed by atoms with van der Waals surface area (Å²) in [6, 6.07) is 11.2. The largest absolute Gasteiger partial charge is 0.466 e. The molecule has 12 nitrogen and oxygen atoms in total. The number of fused-ring (bicyclic) bond motifs is 9. The summed E-state index contributed by atoms with van der Waals surface area (Å²) in [4.78, 5) is 37.1. The Labute approximate surface area is 276 Å². The number of benzene rings is 4. The van der Waals surface area contributed by atoms with E-state index in [2.05, 4.69) is 0 Å². The third kappa shape index (κ3) is 5.48. The van der Waals surface area contributed by atoms with E-state index in [1.54, 1.807) is 41.5 Å². The van der Waals surface area contributed by atoms with Gasteiger partial charge in [-0.3, -0.25) is 14.4 Å². The summed E-state index contributed by atoms with van der Waals surface area (Å²) in [6.07, 6.45) is -0.325. The number of esters is 3. The number of rotatable bonds is 9. The molecule has 0 saturated carbocycles. The molecule has 0 atom stereocenters. The van der Waals surface area contributed by atoms with Gasteiger partial charge in [0.25, 0.3) is 17.4 Å². The van der Waals surface area contributed by atoms with Crippen molar-refractivity contribution in [3.8, 4) is 34.5 Å². The Hall–Kier alpha value is -5.13. The summed E-state index contributed by atoms with van der Waals surface area (Å²) in [5, 5.41) is 4.83. The van der Waals surface area contributed by atoms with Gasteiger partial charge in [-0.05, 0) is 89.5 Å². The highest BCUT2D eigenvalue weighted by atomic mass is 16.7. The van der Waals surface area contributed by atoms with Crippen LogP contribution in [0.1, 0.15) is 60.8 Å². The molecule has 0 bridgehead atoms. The van der Waals surface area contributed by atoms with Gasteiger partial charge in [0, 0.05) is 20.8 Å². The number of carbonyl (C=O) groups excluding carboxylic acids is 3. The number of carbonyl (C=O) groups is 3. The normalized spacial score (nSPS) is 23.1. The van der Waals surface area contributed by atoms with Gasteiger partial charge in [0.05, 0.1) is 19.8 Å². The van der Waals surface area contributed by atoms with E-state index in [1.807, 2.05) is 36.4 Å². The van der Waals surface area contributed by atoms with Gasteiger partial charge in [0.1, 0.15) is 19.3 Å². The van der Waals surface area contributed by atoms with Crippen molar-refractivity contribution in [1.29, 1.82) is 0 Å². The van der Waals surface area contributed by atoms with Crippen molar-refractivity contribution in [2.24, 2.45) is 0 Å². The fraction of sp³-hybridized carbons (Fsp3) is 0.417. The highest BCUT2D eigenvalue weighted by Gasteiger charge is 2.43. The first-order chi connectivity index (χ1) is 22.8. The maximum Gasteiger partial charge on any atom is 0.313 e. The Morgan fingerprint density at radius 2 is 0.625 bits per heavy atom. The van der Waals surface area contributed by atoms with Crippen LogP contribution in [0.25, 0.3) is 32.3 Å². The standard InChI is InChI=1S/C36H36O12/c1-7-40-31(37)16-34(4)43-25-10-19-20(11-26(25)44-34)22-13-28-30(48-36(6,46-28)18-33(39)42-9-3)15-24(22)23-14-29-27(12-21(19)23)45-35(5,47-29)17-32(38)41-8-2/h10-15H,7-9,16-18H2,1-6H3. The summed E-state index contributed by atoms with van der Waals surface area (Å²) in [5.74, 6) is -2.35. The molecule has 4 aromatic carbocycles. The molecule has 0 radical (unpaired) electrons. The Morgan fingerprint density at radius 1 is 0.438 bits per heavy atom. The molecule has 0 aliphatic carbocycles. The summed E-state index contributed by atoms with van der Waals surface area (Å²) >= 11 is 0. The lowest BCUT2D eigenvalue weighted by Crippen LogP contribution is -2.37. The maximum absolute atomic E-state index is 12.4. The van der Waals surface area contributed by atoms with Crippen molar-refractivity contribution >= 4 is 50.2 Å². The maximum atomic E-state index is 12.4. The van der Waals surface area contributed by atoms with Crippen LogP contribution >= 0.6 is 0 Å². The summed E-state index contributed by atoms with van der Waals surface area (Å²) in [5.41, 5.74) is 0. The highest BCUT2D eigenvalue weighted by Crippen LogP contribution is 2.53. The fourth-order valence-corrected chi connectivity index (χ4v) is 6.59. The molecule has 3 aliphatic heterocycles. The van der Waals surface area contributed by atoms with Crippen LogP contribution in [0.4, 0.5) is 0 Å². The first-order valence-corrected chi connectivity index (χ1v) is 16.0. The number of hydrogen-bond acceptors (Lipinski definition) is 12. The van der Waals surface area contributed by atoms with Crippen molar-refractivity contribution in [1.82, 2.24) is 0 Å². The van der Waals surface area contributed by atoms with Crippen molar-refractivity contribution in [2.75, 3.05) is 19.8 Å². The van der Waals surface area contributed by atoms with Crippen LogP contribution in [0.3, 0.4) is 0 Å². The topological polar surface area (TPSA) is 134 Å². The summed E-state index contributed by atoms with van der Waals surface area (Å²) in [7, 11) is 0. The van der Waals surface area contributed by atoms with E-state index >= 15 is 0 Å². The van der Waals surface area contributed by atoms with Crippen molar-refractivity contribution in [2.45, 2.75) is 78.2 Å². The number of hydrogen-bond donors (Lipinski definition) is 0. The molecule has 0 aromatic heterocycles. The van der Waals surface area contributed by atoms with Crippen LogP contribution in [0.5, 0.6) is 34.5 Å². The molecular weight excluding hydrogens is 624 g/mol. The third-order valence-corrected chi connectivity index (χ3v) is 8.39. The fourth-order valence-electron chi connectivity index (χ4n) is 6.59. The lowest BCUT2D eigenvalue weighted by atomic mass is 9.93. The van der Waals surface area contributed by atoms with Gasteiger partial charge in [0.15, 0.2) is 34.5 Å². The monoisotopic (exact) mass is 660 g/mol. The Bertz CT molecular complexity index is 1650. The van der Waals surface area contributed by atoms with E-state index in [-0.39, 0.29) is 39.1 Å². The van der Waals surface area contributed by atoms with Crippen molar-refractivity contribution in [3.63, 3.8) is 0 Å². The van der Waals surface area contributed by atoms with Crippen LogP contribution in [-0.4, -0.2) is 55.1 Å². The smallest absolute Gasteiger partial charge is 0.313 e. The Morgan fingerprint density at radius 3 is 0.792 bits per heavy atom. The second-order valence-corrected chi connectivity index (χ2v) is 12.5. The van der Waals surface area contributed by atoms with Gasteiger partial charge >= 0.3 is 17.9 Å². The number of ether oxygens (including phenoxy) is 9. The quantitative estimate of drug-likeness (QED) is 0.111. The van der Waals surface area contributed by atoms with Gasteiger partial charge in [-0.2, -0.15) is 0 Å². The van der Waals surface area contributed by atoms with Crippen LogP contribution in [-0.2, 0) is 28.6 Å². The van der Waals surface area contributed by atoms with Gasteiger partial charge in [-0.15, -0.1) is 0 Å². The molecule has 0 spiro atoms. The predicted octanol–water partition coefficient (Wildman–Crippen LogP) is 6.47. The van der Waals surface area contributed by atoms with Crippen LogP contribution < -0.4 is 28.4 Å². The van der Waals surface area contributed by atoms with Crippen LogP contribution in [0, 0.1) is 0 Å². The predicted molar refractivity (Wildman–Crippen MR) is 172 cm³/mol. The molecule has 48 heavy (non-hydrogen) atoms. The minimum absolute atomic E-state index is 0.108. The van der Waals surface area contributed by atoms with Gasteiger partial charge in [0.2, 0.25) is 0 Å². The highest BCUT2D eigenvalue weighted by molar-refractivity contribution is 6.27. The molecule has 7 rings (SSSR count). The molecule has 3 aliphatic rings. The molecule has 12 heteroatoms. The Balaban J connectivity index is 1.38. The summed E-state index contributed by atoms with van der Waals surface area (Å²) in [6.45, 7) is 11.0. The molecular formula is C36H36O12. The minimum Gasteiger partial charge on any atom is -0.466 e.